The Labute approximate surface area is 209 Å². The third-order valence-corrected chi connectivity index (χ3v) is 6.86. The van der Waals surface area contributed by atoms with Crippen molar-refractivity contribution in [3.63, 3.8) is 0 Å². The highest BCUT2D eigenvalue weighted by molar-refractivity contribution is 9.10. The molecule has 2 aromatic carbocycles. The van der Waals surface area contributed by atoms with Gasteiger partial charge in [0.2, 0.25) is 0 Å². The summed E-state index contributed by atoms with van der Waals surface area (Å²) < 4.78 is 11.8. The average Bonchev–Trinajstić information content (AvgIpc) is 2.81. The largest absolute Gasteiger partial charge is 0.497 e. The lowest BCUT2D eigenvalue weighted by atomic mass is 9.72. The molecule has 1 aliphatic carbocycles. The third-order valence-electron chi connectivity index (χ3n) is 6.36. The number of ketones is 1. The SMILES string of the molecule is COc1ccc([C@@H]2CC(=O)C3=C(C2)NC(C)=C(C(=O)OCC(C)C)[C@@H]3c2cccc(Br)c2)cc1. The van der Waals surface area contributed by atoms with Gasteiger partial charge in [0.25, 0.3) is 0 Å². The fourth-order valence-electron chi connectivity index (χ4n) is 4.76. The minimum Gasteiger partial charge on any atom is -0.497 e. The molecule has 2 aromatic rings. The number of dihydropyridines is 1. The molecule has 2 atom stereocenters. The standard InChI is InChI=1S/C28H30BrNO4/c1-16(2)15-34-28(32)25-17(3)30-23-13-20(18-8-10-22(33-4)11-9-18)14-24(31)27(23)26(25)19-6-5-7-21(29)12-19/h5-12,16,20,26,30H,13-15H2,1-4H3/t20-,26-/m0/s1. The van der Waals surface area contributed by atoms with Crippen LogP contribution in [0.25, 0.3) is 0 Å². The van der Waals surface area contributed by atoms with Gasteiger partial charge in [-0.05, 0) is 60.6 Å². The molecule has 0 radical (unpaired) electrons. The molecule has 178 valence electrons. The van der Waals surface area contributed by atoms with Gasteiger partial charge in [0, 0.05) is 33.8 Å². The fraction of sp³-hybridized carbons (Fsp3) is 0.357. The van der Waals surface area contributed by atoms with Gasteiger partial charge in [-0.25, -0.2) is 4.79 Å². The number of allylic oxidation sites excluding steroid dienone is 3. The van der Waals surface area contributed by atoms with Crippen molar-refractivity contribution in [1.29, 1.82) is 0 Å². The van der Waals surface area contributed by atoms with Crippen LogP contribution in [-0.4, -0.2) is 25.5 Å². The Morgan fingerprint density at radius 1 is 1.12 bits per heavy atom. The molecular formula is C28H30BrNO4. The number of rotatable bonds is 6. The van der Waals surface area contributed by atoms with Crippen molar-refractivity contribution in [3.05, 3.63) is 86.7 Å². The molecule has 0 fully saturated rings. The van der Waals surface area contributed by atoms with Gasteiger partial charge < -0.3 is 14.8 Å². The van der Waals surface area contributed by atoms with Crippen LogP contribution in [0.1, 0.15) is 56.6 Å². The molecule has 0 spiro atoms. The maximum absolute atomic E-state index is 13.6. The van der Waals surface area contributed by atoms with Crippen LogP contribution < -0.4 is 10.1 Å². The van der Waals surface area contributed by atoms with Crippen LogP contribution in [0.4, 0.5) is 0 Å². The van der Waals surface area contributed by atoms with Crippen LogP contribution in [0.2, 0.25) is 0 Å². The average molecular weight is 524 g/mol. The van der Waals surface area contributed by atoms with Crippen molar-refractivity contribution in [2.45, 2.75) is 45.4 Å². The summed E-state index contributed by atoms with van der Waals surface area (Å²) in [5.41, 5.74) is 4.81. The summed E-state index contributed by atoms with van der Waals surface area (Å²) in [4.78, 5) is 26.9. The first kappa shape index (κ1) is 24.3. The van der Waals surface area contributed by atoms with Crippen molar-refractivity contribution in [2.24, 2.45) is 5.92 Å². The molecule has 6 heteroatoms. The maximum Gasteiger partial charge on any atom is 0.336 e. The lowest BCUT2D eigenvalue weighted by Gasteiger charge is -2.36. The molecule has 0 saturated carbocycles. The Morgan fingerprint density at radius 3 is 2.50 bits per heavy atom. The number of carbonyl (C=O) groups excluding carboxylic acids is 2. The smallest absolute Gasteiger partial charge is 0.336 e. The minimum absolute atomic E-state index is 0.0567. The number of nitrogens with one attached hydrogen (secondary N) is 1. The van der Waals surface area contributed by atoms with Crippen molar-refractivity contribution in [3.8, 4) is 5.75 Å². The van der Waals surface area contributed by atoms with Crippen molar-refractivity contribution in [1.82, 2.24) is 5.32 Å². The van der Waals surface area contributed by atoms with E-state index in [4.69, 9.17) is 9.47 Å². The number of hydrogen-bond donors (Lipinski definition) is 1. The zero-order valence-corrected chi connectivity index (χ0v) is 21.6. The van der Waals surface area contributed by atoms with Gasteiger partial charge >= 0.3 is 5.97 Å². The lowest BCUT2D eigenvalue weighted by Crippen LogP contribution is -2.36. The molecule has 0 unspecified atom stereocenters. The van der Waals surface area contributed by atoms with Crippen LogP contribution in [0.5, 0.6) is 5.75 Å². The highest BCUT2D eigenvalue weighted by Gasteiger charge is 2.41. The van der Waals surface area contributed by atoms with E-state index in [1.807, 2.05) is 69.3 Å². The normalized spacial score (nSPS) is 20.2. The zero-order valence-electron chi connectivity index (χ0n) is 20.0. The van der Waals surface area contributed by atoms with Gasteiger partial charge in [-0.3, -0.25) is 4.79 Å². The van der Waals surface area contributed by atoms with Gasteiger partial charge in [0.05, 0.1) is 19.3 Å². The molecule has 4 rings (SSSR count). The van der Waals surface area contributed by atoms with E-state index < -0.39 is 5.92 Å². The second kappa shape index (κ2) is 10.2. The van der Waals surface area contributed by atoms with E-state index in [0.29, 0.717) is 30.6 Å². The van der Waals surface area contributed by atoms with E-state index in [0.717, 1.165) is 32.7 Å². The number of carbonyl (C=O) groups is 2. The van der Waals surface area contributed by atoms with Crippen molar-refractivity contribution < 1.29 is 19.1 Å². The predicted octanol–water partition coefficient (Wildman–Crippen LogP) is 6.02. The Hall–Kier alpha value is -2.86. The highest BCUT2D eigenvalue weighted by Crippen LogP contribution is 2.46. The van der Waals surface area contributed by atoms with Gasteiger partial charge in [0.1, 0.15) is 5.75 Å². The number of Topliss-reactive ketones (excluding diaryl/α,β-unsaturated/α-hetero) is 1. The Bertz CT molecular complexity index is 1160. The summed E-state index contributed by atoms with van der Waals surface area (Å²) >= 11 is 3.55. The topological polar surface area (TPSA) is 64.6 Å². The van der Waals surface area contributed by atoms with E-state index in [-0.39, 0.29) is 23.6 Å². The molecule has 34 heavy (non-hydrogen) atoms. The van der Waals surface area contributed by atoms with E-state index in [2.05, 4.69) is 21.2 Å². The summed E-state index contributed by atoms with van der Waals surface area (Å²) in [5.74, 6) is 0.302. The van der Waals surface area contributed by atoms with E-state index in [9.17, 15) is 9.59 Å². The summed E-state index contributed by atoms with van der Waals surface area (Å²) in [7, 11) is 1.64. The van der Waals surface area contributed by atoms with E-state index >= 15 is 0 Å². The quantitative estimate of drug-likeness (QED) is 0.469. The monoisotopic (exact) mass is 523 g/mol. The molecule has 1 N–H and O–H groups in total. The first-order valence-corrected chi connectivity index (χ1v) is 12.4. The Morgan fingerprint density at radius 2 is 1.85 bits per heavy atom. The molecule has 0 aromatic heterocycles. The van der Waals surface area contributed by atoms with Crippen LogP contribution >= 0.6 is 15.9 Å². The molecule has 0 bridgehead atoms. The molecule has 0 amide bonds. The molecule has 0 saturated heterocycles. The fourth-order valence-corrected chi connectivity index (χ4v) is 5.18. The van der Waals surface area contributed by atoms with Crippen LogP contribution in [0, 0.1) is 5.92 Å². The summed E-state index contributed by atoms with van der Waals surface area (Å²) in [6, 6.07) is 15.7. The number of methoxy groups -OCH3 is 1. The van der Waals surface area contributed by atoms with Crippen LogP contribution in [0.15, 0.2) is 75.5 Å². The van der Waals surface area contributed by atoms with Gasteiger partial charge in [-0.2, -0.15) is 0 Å². The van der Waals surface area contributed by atoms with Crippen LogP contribution in [0.3, 0.4) is 0 Å². The van der Waals surface area contributed by atoms with Gasteiger partial charge in [0.15, 0.2) is 5.78 Å². The summed E-state index contributed by atoms with van der Waals surface area (Å²) in [5, 5.41) is 3.41. The van der Waals surface area contributed by atoms with Gasteiger partial charge in [-0.15, -0.1) is 0 Å². The van der Waals surface area contributed by atoms with Crippen molar-refractivity contribution in [2.75, 3.05) is 13.7 Å². The molecular weight excluding hydrogens is 494 g/mol. The number of hydrogen-bond acceptors (Lipinski definition) is 5. The molecule has 2 aliphatic rings. The molecule has 5 nitrogen and oxygen atoms in total. The Kier molecular flexibility index (Phi) is 7.27. The number of halogens is 1. The van der Waals surface area contributed by atoms with Crippen LogP contribution in [-0.2, 0) is 14.3 Å². The zero-order chi connectivity index (χ0) is 24.4. The Balaban J connectivity index is 1.74. The first-order chi connectivity index (χ1) is 16.3. The highest BCUT2D eigenvalue weighted by atomic mass is 79.9. The molecule has 1 aliphatic heterocycles. The number of ether oxygens (including phenoxy) is 2. The lowest BCUT2D eigenvalue weighted by molar-refractivity contribution is -0.140. The second-order valence-corrected chi connectivity index (χ2v) is 10.3. The molecule has 1 heterocycles. The van der Waals surface area contributed by atoms with E-state index in [1.165, 1.54) is 0 Å². The minimum atomic E-state index is -0.460. The summed E-state index contributed by atoms with van der Waals surface area (Å²) in [6.45, 7) is 6.23. The van der Waals surface area contributed by atoms with Crippen molar-refractivity contribution >= 4 is 27.7 Å². The van der Waals surface area contributed by atoms with E-state index in [1.54, 1.807) is 7.11 Å². The third kappa shape index (κ3) is 4.97. The summed E-state index contributed by atoms with van der Waals surface area (Å²) in [6.07, 6.45) is 1.09. The number of esters is 1. The number of benzene rings is 2. The predicted molar refractivity (Wildman–Crippen MR) is 136 cm³/mol. The second-order valence-electron chi connectivity index (χ2n) is 9.34. The maximum atomic E-state index is 13.6. The first-order valence-electron chi connectivity index (χ1n) is 11.6. The van der Waals surface area contributed by atoms with Gasteiger partial charge in [-0.1, -0.05) is 54.0 Å².